The molecule has 0 atom stereocenters. The van der Waals surface area contributed by atoms with Gasteiger partial charge in [0.15, 0.2) is 0 Å². The van der Waals surface area contributed by atoms with Crippen LogP contribution in [-0.4, -0.2) is 41.8 Å². The van der Waals surface area contributed by atoms with Crippen LogP contribution in [0.1, 0.15) is 39.0 Å². The van der Waals surface area contributed by atoms with Gasteiger partial charge in [-0.3, -0.25) is 4.79 Å². The first-order valence-corrected chi connectivity index (χ1v) is 6.16. The fourth-order valence-electron chi connectivity index (χ4n) is 2.35. The van der Waals surface area contributed by atoms with Gasteiger partial charge >= 0.3 is 12.1 Å². The first-order chi connectivity index (χ1) is 8.04. The highest BCUT2D eigenvalue weighted by Crippen LogP contribution is 2.29. The maximum atomic E-state index is 11.3. The fourth-order valence-corrected chi connectivity index (χ4v) is 2.35. The molecule has 0 saturated heterocycles. The SMILES string of the molecule is CCOC(=O)CC1CCC(N(C)C(=O)O)CC1. The minimum absolute atomic E-state index is 0.103. The summed E-state index contributed by atoms with van der Waals surface area (Å²) >= 11 is 0. The van der Waals surface area contributed by atoms with Crippen molar-refractivity contribution in [2.75, 3.05) is 13.7 Å². The van der Waals surface area contributed by atoms with Crippen molar-refractivity contribution in [2.24, 2.45) is 5.92 Å². The van der Waals surface area contributed by atoms with Crippen molar-refractivity contribution in [2.45, 2.75) is 45.1 Å². The van der Waals surface area contributed by atoms with Crippen molar-refractivity contribution in [1.82, 2.24) is 4.90 Å². The quantitative estimate of drug-likeness (QED) is 0.768. The summed E-state index contributed by atoms with van der Waals surface area (Å²) in [6.07, 6.45) is 3.08. The molecule has 1 fully saturated rings. The highest BCUT2D eigenvalue weighted by molar-refractivity contribution is 5.69. The summed E-state index contributed by atoms with van der Waals surface area (Å²) in [6, 6.07) is 0.103. The molecule has 0 spiro atoms. The first-order valence-electron chi connectivity index (χ1n) is 6.16. The third kappa shape index (κ3) is 4.24. The number of esters is 1. The lowest BCUT2D eigenvalue weighted by Crippen LogP contribution is -2.38. The van der Waals surface area contributed by atoms with Gasteiger partial charge in [0, 0.05) is 19.5 Å². The molecule has 0 bridgehead atoms. The maximum absolute atomic E-state index is 11.3. The Balaban J connectivity index is 2.30. The van der Waals surface area contributed by atoms with Crippen LogP contribution in [0.3, 0.4) is 0 Å². The largest absolute Gasteiger partial charge is 0.466 e. The molecule has 1 saturated carbocycles. The summed E-state index contributed by atoms with van der Waals surface area (Å²) in [5, 5.41) is 8.87. The lowest BCUT2D eigenvalue weighted by atomic mass is 9.84. The average molecular weight is 243 g/mol. The predicted octanol–water partition coefficient (Wildman–Crippen LogP) is 2.11. The van der Waals surface area contributed by atoms with Crippen LogP contribution in [0.5, 0.6) is 0 Å². The molecule has 0 radical (unpaired) electrons. The molecule has 17 heavy (non-hydrogen) atoms. The van der Waals surface area contributed by atoms with Gasteiger partial charge in [-0.25, -0.2) is 4.79 Å². The first kappa shape index (κ1) is 13.8. The molecule has 0 aromatic carbocycles. The number of hydrogen-bond donors (Lipinski definition) is 1. The second kappa shape index (κ2) is 6.47. The zero-order valence-electron chi connectivity index (χ0n) is 10.5. The third-order valence-corrected chi connectivity index (χ3v) is 3.43. The molecule has 5 nitrogen and oxygen atoms in total. The van der Waals surface area contributed by atoms with Gasteiger partial charge in [0.05, 0.1) is 6.61 Å². The summed E-state index contributed by atoms with van der Waals surface area (Å²) in [7, 11) is 1.61. The van der Waals surface area contributed by atoms with Crippen molar-refractivity contribution in [3.8, 4) is 0 Å². The van der Waals surface area contributed by atoms with E-state index < -0.39 is 6.09 Å². The van der Waals surface area contributed by atoms with E-state index in [1.807, 2.05) is 0 Å². The lowest BCUT2D eigenvalue weighted by molar-refractivity contribution is -0.144. The Morgan fingerprint density at radius 2 is 1.88 bits per heavy atom. The van der Waals surface area contributed by atoms with Crippen LogP contribution >= 0.6 is 0 Å². The zero-order chi connectivity index (χ0) is 12.8. The molecule has 5 heteroatoms. The number of rotatable bonds is 4. The third-order valence-electron chi connectivity index (χ3n) is 3.43. The van der Waals surface area contributed by atoms with Gasteiger partial charge in [-0.2, -0.15) is 0 Å². The van der Waals surface area contributed by atoms with Crippen molar-refractivity contribution < 1.29 is 19.4 Å². The van der Waals surface area contributed by atoms with Crippen molar-refractivity contribution in [3.63, 3.8) is 0 Å². The molecule has 1 aliphatic rings. The molecule has 0 heterocycles. The smallest absolute Gasteiger partial charge is 0.407 e. The monoisotopic (exact) mass is 243 g/mol. The van der Waals surface area contributed by atoms with Crippen LogP contribution in [0, 0.1) is 5.92 Å². The average Bonchev–Trinajstić information content (AvgIpc) is 2.29. The molecule has 0 unspecified atom stereocenters. The van der Waals surface area contributed by atoms with Crippen LogP contribution in [0.25, 0.3) is 0 Å². The van der Waals surface area contributed by atoms with E-state index in [2.05, 4.69) is 0 Å². The van der Waals surface area contributed by atoms with Gasteiger partial charge in [-0.05, 0) is 38.5 Å². The van der Waals surface area contributed by atoms with Crippen LogP contribution < -0.4 is 0 Å². The Morgan fingerprint density at radius 3 is 2.35 bits per heavy atom. The summed E-state index contributed by atoms with van der Waals surface area (Å²) in [5.41, 5.74) is 0. The Morgan fingerprint density at radius 1 is 1.29 bits per heavy atom. The van der Waals surface area contributed by atoms with Gasteiger partial charge < -0.3 is 14.7 Å². The van der Waals surface area contributed by atoms with E-state index in [0.717, 1.165) is 25.7 Å². The van der Waals surface area contributed by atoms with E-state index in [1.165, 1.54) is 4.90 Å². The Bertz CT molecular complexity index is 272. The van der Waals surface area contributed by atoms with E-state index in [9.17, 15) is 9.59 Å². The highest BCUT2D eigenvalue weighted by atomic mass is 16.5. The summed E-state index contributed by atoms with van der Waals surface area (Å²) in [4.78, 5) is 23.5. The van der Waals surface area contributed by atoms with Crippen LogP contribution in [0.4, 0.5) is 4.79 Å². The van der Waals surface area contributed by atoms with Gasteiger partial charge in [0.1, 0.15) is 0 Å². The van der Waals surface area contributed by atoms with Crippen molar-refractivity contribution >= 4 is 12.1 Å². The van der Waals surface area contributed by atoms with E-state index in [4.69, 9.17) is 9.84 Å². The minimum atomic E-state index is -0.876. The zero-order valence-corrected chi connectivity index (χ0v) is 10.5. The molecule has 1 aliphatic carbocycles. The van der Waals surface area contributed by atoms with Crippen molar-refractivity contribution in [1.29, 1.82) is 0 Å². The molecule has 1 rings (SSSR count). The van der Waals surface area contributed by atoms with Crippen LogP contribution in [0.2, 0.25) is 0 Å². The Kier molecular flexibility index (Phi) is 5.25. The maximum Gasteiger partial charge on any atom is 0.407 e. The molecular formula is C12H21NO4. The fraction of sp³-hybridized carbons (Fsp3) is 0.833. The Labute approximate surface area is 102 Å². The normalized spacial score (nSPS) is 24.1. The van der Waals surface area contributed by atoms with Crippen molar-refractivity contribution in [3.05, 3.63) is 0 Å². The number of hydrogen-bond acceptors (Lipinski definition) is 3. The van der Waals surface area contributed by atoms with E-state index >= 15 is 0 Å². The number of carboxylic acid groups (broad SMARTS) is 1. The molecule has 0 aliphatic heterocycles. The second-order valence-electron chi connectivity index (χ2n) is 4.58. The lowest BCUT2D eigenvalue weighted by Gasteiger charge is -2.32. The molecular weight excluding hydrogens is 222 g/mol. The number of amides is 1. The van der Waals surface area contributed by atoms with Crippen LogP contribution in [-0.2, 0) is 9.53 Å². The molecule has 1 amide bonds. The topological polar surface area (TPSA) is 66.8 Å². The van der Waals surface area contributed by atoms with Gasteiger partial charge in [0.25, 0.3) is 0 Å². The van der Waals surface area contributed by atoms with E-state index in [1.54, 1.807) is 14.0 Å². The minimum Gasteiger partial charge on any atom is -0.466 e. The second-order valence-corrected chi connectivity index (χ2v) is 4.58. The summed E-state index contributed by atoms with van der Waals surface area (Å²) in [6.45, 7) is 2.23. The molecule has 0 aromatic heterocycles. The van der Waals surface area contributed by atoms with Gasteiger partial charge in [-0.15, -0.1) is 0 Å². The number of nitrogens with zero attached hydrogens (tertiary/aromatic N) is 1. The number of carbonyl (C=O) groups excluding carboxylic acids is 1. The summed E-state index contributed by atoms with van der Waals surface area (Å²) < 4.78 is 4.91. The predicted molar refractivity (Wildman–Crippen MR) is 62.8 cm³/mol. The molecule has 1 N–H and O–H groups in total. The van der Waals surface area contributed by atoms with E-state index in [0.29, 0.717) is 18.9 Å². The number of carbonyl (C=O) groups is 2. The summed E-state index contributed by atoms with van der Waals surface area (Å²) in [5.74, 6) is 0.218. The van der Waals surface area contributed by atoms with E-state index in [-0.39, 0.29) is 12.0 Å². The van der Waals surface area contributed by atoms with Gasteiger partial charge in [-0.1, -0.05) is 0 Å². The highest BCUT2D eigenvalue weighted by Gasteiger charge is 2.27. The number of ether oxygens (including phenoxy) is 1. The van der Waals surface area contributed by atoms with Gasteiger partial charge in [0.2, 0.25) is 0 Å². The molecule has 98 valence electrons. The standard InChI is InChI=1S/C12H21NO4/c1-3-17-11(14)8-9-4-6-10(7-5-9)13(2)12(15)16/h9-10H,3-8H2,1-2H3,(H,15,16). The van der Waals surface area contributed by atoms with Crippen LogP contribution in [0.15, 0.2) is 0 Å². The molecule has 0 aromatic rings. The Hall–Kier alpha value is -1.26.